The smallest absolute Gasteiger partial charge is 0.326 e. The van der Waals surface area contributed by atoms with Crippen molar-refractivity contribution in [2.45, 2.75) is 72.0 Å². The fourth-order valence-corrected chi connectivity index (χ4v) is 4.57. The van der Waals surface area contributed by atoms with Crippen LogP contribution in [0.1, 0.15) is 62.2 Å². The van der Waals surface area contributed by atoms with E-state index in [1.165, 1.54) is 22.3 Å². The van der Waals surface area contributed by atoms with E-state index in [-0.39, 0.29) is 11.1 Å². The van der Waals surface area contributed by atoms with Crippen molar-refractivity contribution in [2.24, 2.45) is 5.73 Å². The molecule has 0 saturated carbocycles. The van der Waals surface area contributed by atoms with Crippen molar-refractivity contribution in [3.05, 3.63) is 111 Å². The van der Waals surface area contributed by atoms with Crippen LogP contribution in [0.25, 0.3) is 11.1 Å². The standard InChI is InChI=1S/C31H38N4O/c1-5-34-29(33-35(30(34)36)22-24-14-18-28(19-15-24)31(2,3)4)11-7-8-23-12-16-26(17-13-23)27-10-6-9-25(20-27)21-32/h6,9-10,12-20H,5,7-8,11,21-22,32H2,1-4H3. The van der Waals surface area contributed by atoms with Crippen LogP contribution in [0.3, 0.4) is 0 Å². The highest BCUT2D eigenvalue weighted by Gasteiger charge is 2.15. The van der Waals surface area contributed by atoms with Gasteiger partial charge in [0.05, 0.1) is 6.54 Å². The molecular formula is C31H38N4O. The van der Waals surface area contributed by atoms with Gasteiger partial charge in [-0.25, -0.2) is 9.48 Å². The lowest BCUT2D eigenvalue weighted by atomic mass is 9.87. The molecule has 2 N–H and O–H groups in total. The van der Waals surface area contributed by atoms with E-state index in [1.807, 2.05) is 6.92 Å². The number of aromatic nitrogens is 3. The Morgan fingerprint density at radius 2 is 1.53 bits per heavy atom. The molecule has 3 aromatic carbocycles. The molecule has 5 nitrogen and oxygen atoms in total. The summed E-state index contributed by atoms with van der Waals surface area (Å²) in [5.74, 6) is 0.865. The molecule has 188 valence electrons. The van der Waals surface area contributed by atoms with E-state index in [0.717, 1.165) is 36.2 Å². The summed E-state index contributed by atoms with van der Waals surface area (Å²) in [6.45, 7) is 10.3. The number of nitrogens with two attached hydrogens (primary N) is 1. The second-order valence-corrected chi connectivity index (χ2v) is 10.5. The van der Waals surface area contributed by atoms with Crippen molar-refractivity contribution >= 4 is 0 Å². The lowest BCUT2D eigenvalue weighted by molar-refractivity contribution is 0.588. The number of hydrogen-bond donors (Lipinski definition) is 1. The van der Waals surface area contributed by atoms with E-state index < -0.39 is 0 Å². The van der Waals surface area contributed by atoms with Crippen molar-refractivity contribution < 1.29 is 0 Å². The highest BCUT2D eigenvalue weighted by Crippen LogP contribution is 2.23. The third-order valence-electron chi connectivity index (χ3n) is 6.78. The Hall–Kier alpha value is -3.44. The van der Waals surface area contributed by atoms with Crippen molar-refractivity contribution in [3.8, 4) is 11.1 Å². The minimum atomic E-state index is -0.0311. The SMILES string of the molecule is CCn1c(CCCc2ccc(-c3cccc(CN)c3)cc2)nn(Cc2ccc(C(C)(C)C)cc2)c1=O. The van der Waals surface area contributed by atoms with Gasteiger partial charge >= 0.3 is 5.69 Å². The monoisotopic (exact) mass is 482 g/mol. The number of rotatable bonds is 9. The van der Waals surface area contributed by atoms with Crippen LogP contribution >= 0.6 is 0 Å². The molecule has 0 aliphatic carbocycles. The van der Waals surface area contributed by atoms with Gasteiger partial charge in [-0.05, 0) is 64.6 Å². The summed E-state index contributed by atoms with van der Waals surface area (Å²) in [5.41, 5.74) is 13.1. The van der Waals surface area contributed by atoms with Crippen LogP contribution in [-0.4, -0.2) is 14.3 Å². The first-order chi connectivity index (χ1) is 17.3. The van der Waals surface area contributed by atoms with Crippen LogP contribution < -0.4 is 11.4 Å². The average Bonchev–Trinajstić information content (AvgIpc) is 3.18. The van der Waals surface area contributed by atoms with Gasteiger partial charge in [0.1, 0.15) is 5.82 Å². The molecule has 1 heterocycles. The lowest BCUT2D eigenvalue weighted by Gasteiger charge is -2.19. The normalized spacial score (nSPS) is 11.7. The van der Waals surface area contributed by atoms with Gasteiger partial charge in [-0.2, -0.15) is 5.10 Å². The maximum Gasteiger partial charge on any atom is 0.346 e. The van der Waals surface area contributed by atoms with Crippen molar-refractivity contribution in [2.75, 3.05) is 0 Å². The van der Waals surface area contributed by atoms with Crippen LogP contribution in [0.2, 0.25) is 0 Å². The fraction of sp³-hybridized carbons (Fsp3) is 0.355. The zero-order chi connectivity index (χ0) is 25.7. The topological polar surface area (TPSA) is 65.8 Å². The van der Waals surface area contributed by atoms with Gasteiger partial charge in [0.2, 0.25) is 0 Å². The van der Waals surface area contributed by atoms with Gasteiger partial charge in [-0.3, -0.25) is 4.57 Å². The van der Waals surface area contributed by atoms with Gasteiger partial charge in [0.25, 0.3) is 0 Å². The molecule has 0 spiro atoms. The van der Waals surface area contributed by atoms with Crippen LogP contribution in [0.15, 0.2) is 77.6 Å². The molecule has 0 amide bonds. The van der Waals surface area contributed by atoms with Crippen LogP contribution in [0.5, 0.6) is 0 Å². The van der Waals surface area contributed by atoms with Gasteiger partial charge in [0, 0.05) is 19.5 Å². The fourth-order valence-electron chi connectivity index (χ4n) is 4.57. The minimum Gasteiger partial charge on any atom is -0.326 e. The molecule has 4 rings (SSSR count). The van der Waals surface area contributed by atoms with E-state index in [1.54, 1.807) is 9.25 Å². The summed E-state index contributed by atoms with van der Waals surface area (Å²) < 4.78 is 3.41. The zero-order valence-electron chi connectivity index (χ0n) is 22.0. The Morgan fingerprint density at radius 1 is 0.833 bits per heavy atom. The summed E-state index contributed by atoms with van der Waals surface area (Å²) in [5, 5.41) is 4.71. The van der Waals surface area contributed by atoms with Crippen LogP contribution in [0.4, 0.5) is 0 Å². The van der Waals surface area contributed by atoms with E-state index in [0.29, 0.717) is 19.6 Å². The molecule has 5 heteroatoms. The predicted octanol–water partition coefficient (Wildman–Crippen LogP) is 5.71. The zero-order valence-corrected chi connectivity index (χ0v) is 22.0. The Balaban J connectivity index is 1.39. The van der Waals surface area contributed by atoms with Crippen molar-refractivity contribution in [1.29, 1.82) is 0 Å². The number of hydrogen-bond acceptors (Lipinski definition) is 3. The first-order valence-electron chi connectivity index (χ1n) is 12.9. The molecule has 36 heavy (non-hydrogen) atoms. The van der Waals surface area contributed by atoms with Crippen molar-refractivity contribution in [3.63, 3.8) is 0 Å². The summed E-state index contributed by atoms with van der Waals surface area (Å²) >= 11 is 0. The molecule has 0 bridgehead atoms. The summed E-state index contributed by atoms with van der Waals surface area (Å²) in [6, 6.07) is 25.6. The van der Waals surface area contributed by atoms with E-state index in [2.05, 4.69) is 93.6 Å². The number of benzene rings is 3. The number of nitrogens with zero attached hydrogens (tertiary/aromatic N) is 3. The molecule has 0 atom stereocenters. The molecule has 0 saturated heterocycles. The third-order valence-corrected chi connectivity index (χ3v) is 6.78. The summed E-state index contributed by atoms with van der Waals surface area (Å²) in [7, 11) is 0. The largest absolute Gasteiger partial charge is 0.346 e. The molecule has 0 fully saturated rings. The maximum absolute atomic E-state index is 13.0. The molecule has 4 aromatic rings. The van der Waals surface area contributed by atoms with E-state index >= 15 is 0 Å². The highest BCUT2D eigenvalue weighted by atomic mass is 16.2. The highest BCUT2D eigenvalue weighted by molar-refractivity contribution is 5.64. The maximum atomic E-state index is 13.0. The summed E-state index contributed by atoms with van der Waals surface area (Å²) in [4.78, 5) is 13.0. The molecule has 0 radical (unpaired) electrons. The average molecular weight is 483 g/mol. The Kier molecular flexibility index (Phi) is 7.90. The third kappa shape index (κ3) is 6.03. The van der Waals surface area contributed by atoms with Crippen molar-refractivity contribution in [1.82, 2.24) is 14.3 Å². The van der Waals surface area contributed by atoms with Gasteiger partial charge in [-0.15, -0.1) is 0 Å². The van der Waals surface area contributed by atoms with Crippen LogP contribution in [0, 0.1) is 0 Å². The Labute approximate surface area is 214 Å². The number of aryl methyl sites for hydroxylation is 2. The molecule has 0 aliphatic rings. The van der Waals surface area contributed by atoms with Gasteiger partial charge < -0.3 is 5.73 Å². The summed E-state index contributed by atoms with van der Waals surface area (Å²) in [6.07, 6.45) is 2.67. The van der Waals surface area contributed by atoms with Gasteiger partial charge in [-0.1, -0.05) is 87.5 Å². The van der Waals surface area contributed by atoms with Crippen LogP contribution in [-0.2, 0) is 37.9 Å². The molecule has 0 unspecified atom stereocenters. The second-order valence-electron chi connectivity index (χ2n) is 10.5. The lowest BCUT2D eigenvalue weighted by Crippen LogP contribution is -2.25. The first kappa shape index (κ1) is 25.6. The van der Waals surface area contributed by atoms with Gasteiger partial charge in [0.15, 0.2) is 0 Å². The molecule has 1 aromatic heterocycles. The Bertz CT molecular complexity index is 1340. The Morgan fingerprint density at radius 3 is 2.17 bits per heavy atom. The molecular weight excluding hydrogens is 444 g/mol. The van der Waals surface area contributed by atoms with E-state index in [4.69, 9.17) is 10.8 Å². The predicted molar refractivity (Wildman–Crippen MR) is 148 cm³/mol. The second kappa shape index (κ2) is 11.1. The molecule has 0 aliphatic heterocycles. The van der Waals surface area contributed by atoms with E-state index in [9.17, 15) is 4.79 Å². The first-order valence-corrected chi connectivity index (χ1v) is 12.9. The minimum absolute atomic E-state index is 0.0311. The quantitative estimate of drug-likeness (QED) is 0.332.